The molecule has 35 heavy (non-hydrogen) atoms. The van der Waals surface area contributed by atoms with Crippen LogP contribution >= 0.6 is 11.6 Å². The maximum Gasteiger partial charge on any atom is 0.308 e. The van der Waals surface area contributed by atoms with Crippen LogP contribution in [0.4, 0.5) is 0 Å². The summed E-state index contributed by atoms with van der Waals surface area (Å²) in [5.74, 6) is -0.469. The third-order valence-corrected chi connectivity index (χ3v) is 5.71. The molecule has 1 aliphatic heterocycles. The number of carbonyl (C=O) groups is 2. The van der Waals surface area contributed by atoms with E-state index >= 15 is 0 Å². The molecule has 0 bridgehead atoms. The lowest BCUT2D eigenvalue weighted by Crippen LogP contribution is -2.25. The van der Waals surface area contributed by atoms with Gasteiger partial charge in [0.25, 0.3) is 0 Å². The number of fused-ring (bicyclic) bond motifs is 1. The molecule has 0 fully saturated rings. The summed E-state index contributed by atoms with van der Waals surface area (Å²) in [6, 6.07) is 24.1. The number of hydrogen-bond acceptors (Lipinski definition) is 6. The maximum atomic E-state index is 12.6. The van der Waals surface area contributed by atoms with Crippen LogP contribution < -0.4 is 4.74 Å². The molecule has 1 aliphatic rings. The normalized spacial score (nSPS) is 15.0. The molecule has 8 heteroatoms. The molecule has 3 aromatic carbocycles. The number of hydrazone groups is 1. The maximum absolute atomic E-state index is 12.6. The van der Waals surface area contributed by atoms with Gasteiger partial charge in [-0.2, -0.15) is 5.01 Å². The smallest absolute Gasteiger partial charge is 0.308 e. The van der Waals surface area contributed by atoms with Gasteiger partial charge in [0.15, 0.2) is 0 Å². The zero-order valence-corrected chi connectivity index (χ0v) is 19.7. The second kappa shape index (κ2) is 9.19. The Morgan fingerprint density at radius 3 is 2.46 bits per heavy atom. The fourth-order valence-electron chi connectivity index (χ4n) is 3.95. The highest BCUT2D eigenvalue weighted by Crippen LogP contribution is 2.38. The van der Waals surface area contributed by atoms with Gasteiger partial charge >= 0.3 is 5.97 Å². The van der Waals surface area contributed by atoms with Gasteiger partial charge in [-0.3, -0.25) is 9.59 Å². The molecule has 0 saturated heterocycles. The fraction of sp³-hybridized carbons (Fsp3) is 0.111. The highest BCUT2D eigenvalue weighted by Gasteiger charge is 2.36. The van der Waals surface area contributed by atoms with Crippen molar-refractivity contribution in [2.45, 2.75) is 20.1 Å². The standard InChI is InChI=1S/C27H20ClN3O4/c1-16(32)31-27(35-26(30-31)22-14-19(28)12-13-25(22)34-17(2)33)21-15-24(18-8-4-3-5-9-18)29-23-11-7-6-10-20(21)23/h3-15,27H,1-2H3. The predicted molar refractivity (Wildman–Crippen MR) is 133 cm³/mol. The number of amides is 1. The number of rotatable bonds is 4. The Morgan fingerprint density at radius 1 is 0.971 bits per heavy atom. The third-order valence-electron chi connectivity index (χ3n) is 5.48. The first kappa shape index (κ1) is 22.6. The van der Waals surface area contributed by atoms with E-state index in [1.807, 2.05) is 60.7 Å². The van der Waals surface area contributed by atoms with Crippen molar-refractivity contribution in [3.05, 3.63) is 95.0 Å². The minimum atomic E-state index is -0.859. The second-order valence-corrected chi connectivity index (χ2v) is 8.39. The molecule has 0 spiro atoms. The zero-order chi connectivity index (χ0) is 24.5. The van der Waals surface area contributed by atoms with E-state index in [1.165, 1.54) is 18.9 Å². The molecule has 174 valence electrons. The number of esters is 1. The lowest BCUT2D eigenvalue weighted by atomic mass is 10.0. The molecular weight excluding hydrogens is 466 g/mol. The highest BCUT2D eigenvalue weighted by molar-refractivity contribution is 6.31. The van der Waals surface area contributed by atoms with Gasteiger partial charge in [0.1, 0.15) is 5.75 Å². The highest BCUT2D eigenvalue weighted by atomic mass is 35.5. The van der Waals surface area contributed by atoms with E-state index in [0.29, 0.717) is 10.6 Å². The number of ether oxygens (including phenoxy) is 2. The number of nitrogens with zero attached hydrogens (tertiary/aromatic N) is 3. The average Bonchev–Trinajstić information content (AvgIpc) is 3.30. The van der Waals surface area contributed by atoms with Crippen LogP contribution in [0.2, 0.25) is 5.02 Å². The fourth-order valence-corrected chi connectivity index (χ4v) is 4.13. The van der Waals surface area contributed by atoms with Gasteiger partial charge in [0.05, 0.1) is 16.8 Å². The largest absolute Gasteiger partial charge is 0.446 e. The number of carbonyl (C=O) groups excluding carboxylic acids is 2. The molecule has 1 unspecified atom stereocenters. The van der Waals surface area contributed by atoms with Crippen LogP contribution in [-0.4, -0.2) is 27.8 Å². The topological polar surface area (TPSA) is 81.1 Å². The quantitative estimate of drug-likeness (QED) is 0.273. The molecule has 1 amide bonds. The summed E-state index contributed by atoms with van der Waals surface area (Å²) in [5, 5.41) is 6.94. The Kier molecular flexibility index (Phi) is 5.93. The summed E-state index contributed by atoms with van der Waals surface area (Å²) in [7, 11) is 0. The van der Waals surface area contributed by atoms with E-state index in [2.05, 4.69) is 5.10 Å². The third kappa shape index (κ3) is 4.46. The Morgan fingerprint density at radius 2 is 1.71 bits per heavy atom. The van der Waals surface area contributed by atoms with Gasteiger partial charge in [-0.25, -0.2) is 4.98 Å². The summed E-state index contributed by atoms with van der Waals surface area (Å²) in [6.07, 6.45) is -0.859. The van der Waals surface area contributed by atoms with Crippen molar-refractivity contribution < 1.29 is 19.1 Å². The molecule has 4 aromatic rings. The Labute approximate surface area is 206 Å². The van der Waals surface area contributed by atoms with Gasteiger partial charge in [-0.1, -0.05) is 60.1 Å². The van der Waals surface area contributed by atoms with Gasteiger partial charge in [0.2, 0.25) is 18.0 Å². The van der Waals surface area contributed by atoms with Crippen molar-refractivity contribution in [1.29, 1.82) is 0 Å². The van der Waals surface area contributed by atoms with Crippen molar-refractivity contribution in [3.63, 3.8) is 0 Å². The van der Waals surface area contributed by atoms with E-state index < -0.39 is 12.2 Å². The van der Waals surface area contributed by atoms with Crippen LogP contribution in [0.25, 0.3) is 22.2 Å². The van der Waals surface area contributed by atoms with E-state index in [4.69, 9.17) is 26.1 Å². The van der Waals surface area contributed by atoms with Crippen LogP contribution in [0, 0.1) is 0 Å². The van der Waals surface area contributed by atoms with Crippen molar-refractivity contribution in [2.75, 3.05) is 0 Å². The Hall–Kier alpha value is -4.23. The number of pyridine rings is 1. The SMILES string of the molecule is CC(=O)Oc1ccc(Cl)cc1C1=NN(C(C)=O)C(c2cc(-c3ccccc3)nc3ccccc23)O1. The van der Waals surface area contributed by atoms with Crippen molar-refractivity contribution in [2.24, 2.45) is 5.10 Å². The number of aromatic nitrogens is 1. The monoisotopic (exact) mass is 485 g/mol. The Balaban J connectivity index is 1.64. The second-order valence-electron chi connectivity index (χ2n) is 7.95. The molecule has 0 aliphatic carbocycles. The van der Waals surface area contributed by atoms with Gasteiger partial charge in [-0.05, 0) is 30.3 Å². The average molecular weight is 486 g/mol. The number of hydrogen-bond donors (Lipinski definition) is 0. The summed E-state index contributed by atoms with van der Waals surface area (Å²) >= 11 is 6.21. The minimum absolute atomic E-state index is 0.117. The molecule has 0 N–H and O–H groups in total. The van der Waals surface area contributed by atoms with Crippen LogP contribution in [0.1, 0.15) is 31.2 Å². The number of para-hydroxylation sites is 1. The first-order valence-corrected chi connectivity index (χ1v) is 11.3. The minimum Gasteiger partial charge on any atom is -0.446 e. The molecule has 1 aromatic heterocycles. The van der Waals surface area contributed by atoms with Crippen LogP contribution in [0.3, 0.4) is 0 Å². The van der Waals surface area contributed by atoms with E-state index in [0.717, 1.165) is 27.7 Å². The molecular formula is C27H20ClN3O4. The van der Waals surface area contributed by atoms with Crippen molar-refractivity contribution >= 4 is 40.3 Å². The number of benzene rings is 3. The molecule has 2 heterocycles. The van der Waals surface area contributed by atoms with Crippen LogP contribution in [0.5, 0.6) is 5.75 Å². The summed E-state index contributed by atoms with van der Waals surface area (Å²) in [6.45, 7) is 2.71. The Bertz CT molecular complexity index is 1490. The molecule has 5 rings (SSSR count). The number of halogens is 1. The van der Waals surface area contributed by atoms with Crippen molar-refractivity contribution in [3.8, 4) is 17.0 Å². The van der Waals surface area contributed by atoms with Gasteiger partial charge in [0, 0.05) is 35.4 Å². The van der Waals surface area contributed by atoms with E-state index in [1.54, 1.807) is 18.2 Å². The van der Waals surface area contributed by atoms with Crippen LogP contribution in [-0.2, 0) is 14.3 Å². The van der Waals surface area contributed by atoms with Gasteiger partial charge < -0.3 is 9.47 Å². The van der Waals surface area contributed by atoms with Crippen LogP contribution in [0.15, 0.2) is 84.0 Å². The first-order chi connectivity index (χ1) is 16.9. The molecule has 0 radical (unpaired) electrons. The molecule has 0 saturated carbocycles. The lowest BCUT2D eigenvalue weighted by molar-refractivity contribution is -0.135. The zero-order valence-electron chi connectivity index (χ0n) is 18.9. The predicted octanol–water partition coefficient (Wildman–Crippen LogP) is 5.72. The van der Waals surface area contributed by atoms with Gasteiger partial charge in [-0.15, -0.1) is 5.10 Å². The molecule has 1 atom stereocenters. The lowest BCUT2D eigenvalue weighted by Gasteiger charge is -2.21. The molecule has 7 nitrogen and oxygen atoms in total. The first-order valence-electron chi connectivity index (χ1n) is 10.9. The van der Waals surface area contributed by atoms with Crippen molar-refractivity contribution in [1.82, 2.24) is 9.99 Å². The van der Waals surface area contributed by atoms with E-state index in [9.17, 15) is 9.59 Å². The summed E-state index contributed by atoms with van der Waals surface area (Å²) in [5.41, 5.74) is 3.51. The van der Waals surface area contributed by atoms with E-state index in [-0.39, 0.29) is 17.6 Å². The summed E-state index contributed by atoms with van der Waals surface area (Å²) < 4.78 is 11.6. The summed E-state index contributed by atoms with van der Waals surface area (Å²) in [4.78, 5) is 29.1.